The number of aromatic nitrogens is 4. The lowest BCUT2D eigenvalue weighted by molar-refractivity contribution is -0.141. The maximum atomic E-state index is 11.3. The van der Waals surface area contributed by atoms with Crippen molar-refractivity contribution in [2.24, 2.45) is 0 Å². The van der Waals surface area contributed by atoms with Crippen LogP contribution in [0, 0.1) is 0 Å². The van der Waals surface area contributed by atoms with E-state index < -0.39 is 0 Å². The molecule has 1 N–H and O–H groups in total. The first-order chi connectivity index (χ1) is 9.78. The van der Waals surface area contributed by atoms with Crippen LogP contribution in [-0.2, 0) is 16.1 Å². The lowest BCUT2D eigenvalue weighted by atomic mass is 10.2. The van der Waals surface area contributed by atoms with Gasteiger partial charge in [0.15, 0.2) is 5.65 Å². The number of carbonyl (C=O) groups is 1. The number of fused-ring (bicyclic) bond motifs is 1. The normalized spacial score (nSPS) is 14.8. The molecule has 2 aromatic rings. The topological polar surface area (TPSA) is 81.9 Å². The van der Waals surface area contributed by atoms with Gasteiger partial charge in [-0.05, 0) is 12.8 Å². The van der Waals surface area contributed by atoms with Crippen molar-refractivity contribution in [3.05, 3.63) is 24.7 Å². The minimum Gasteiger partial charge on any atom is -0.468 e. The molecule has 104 valence electrons. The molecular formula is C13H15N5O2. The van der Waals surface area contributed by atoms with Crippen molar-refractivity contribution >= 4 is 22.8 Å². The average Bonchev–Trinajstić information content (AvgIpc) is 3.10. The van der Waals surface area contributed by atoms with Crippen molar-refractivity contribution < 1.29 is 9.53 Å². The highest BCUT2D eigenvalue weighted by Crippen LogP contribution is 2.22. The van der Waals surface area contributed by atoms with E-state index in [2.05, 4.69) is 37.3 Å². The van der Waals surface area contributed by atoms with Crippen LogP contribution in [0.15, 0.2) is 24.7 Å². The number of carbonyl (C=O) groups excluding carboxylic acids is 1. The van der Waals surface area contributed by atoms with Gasteiger partial charge in [-0.1, -0.05) is 12.2 Å². The third-order valence-electron chi connectivity index (χ3n) is 3.29. The van der Waals surface area contributed by atoms with Gasteiger partial charge < -0.3 is 10.1 Å². The number of nitrogens with one attached hydrogen (secondary N) is 1. The molecule has 0 amide bonds. The minimum atomic E-state index is -0.358. The molecule has 2 aromatic heterocycles. The van der Waals surface area contributed by atoms with Crippen molar-refractivity contribution in [3.8, 4) is 0 Å². The number of hydrogen-bond donors (Lipinski definition) is 1. The molecule has 0 aromatic carbocycles. The highest BCUT2D eigenvalue weighted by atomic mass is 16.5. The molecule has 0 radical (unpaired) electrons. The molecule has 2 heterocycles. The zero-order valence-electron chi connectivity index (χ0n) is 11.1. The smallest absolute Gasteiger partial charge is 0.327 e. The van der Waals surface area contributed by atoms with Crippen LogP contribution in [0.5, 0.6) is 0 Å². The maximum absolute atomic E-state index is 11.3. The van der Waals surface area contributed by atoms with Gasteiger partial charge in [0.25, 0.3) is 0 Å². The first-order valence-electron chi connectivity index (χ1n) is 6.43. The third kappa shape index (κ3) is 2.34. The van der Waals surface area contributed by atoms with Crippen molar-refractivity contribution in [2.45, 2.75) is 25.4 Å². The van der Waals surface area contributed by atoms with Crippen molar-refractivity contribution in [2.75, 3.05) is 12.4 Å². The Kier molecular flexibility index (Phi) is 3.32. The zero-order valence-corrected chi connectivity index (χ0v) is 11.1. The third-order valence-corrected chi connectivity index (χ3v) is 3.29. The number of anilines is 1. The lowest BCUT2D eigenvalue weighted by Gasteiger charge is -2.12. The summed E-state index contributed by atoms with van der Waals surface area (Å²) in [5, 5.41) is 8.37. The summed E-state index contributed by atoms with van der Waals surface area (Å²) in [5.41, 5.74) is 0.624. The Morgan fingerprint density at radius 1 is 1.45 bits per heavy atom. The van der Waals surface area contributed by atoms with Gasteiger partial charge in [-0.25, -0.2) is 14.6 Å². The van der Waals surface area contributed by atoms with Gasteiger partial charge >= 0.3 is 5.97 Å². The summed E-state index contributed by atoms with van der Waals surface area (Å²) in [6.07, 6.45) is 9.42. The van der Waals surface area contributed by atoms with Crippen LogP contribution in [0.3, 0.4) is 0 Å². The van der Waals surface area contributed by atoms with Crippen molar-refractivity contribution in [3.63, 3.8) is 0 Å². The lowest BCUT2D eigenvalue weighted by Crippen LogP contribution is -2.16. The highest BCUT2D eigenvalue weighted by molar-refractivity contribution is 5.87. The molecule has 0 bridgehead atoms. The number of ether oxygens (including phenoxy) is 1. The SMILES string of the molecule is COC(=O)Cn1ncc2c(NC3CC=CC3)ncnc21. The second kappa shape index (κ2) is 5.28. The summed E-state index contributed by atoms with van der Waals surface area (Å²) in [6.45, 7) is 0.0431. The Hall–Kier alpha value is -2.44. The van der Waals surface area contributed by atoms with E-state index in [-0.39, 0.29) is 12.5 Å². The fourth-order valence-electron chi connectivity index (χ4n) is 2.24. The molecule has 20 heavy (non-hydrogen) atoms. The molecule has 0 spiro atoms. The quantitative estimate of drug-likeness (QED) is 0.664. The Balaban J connectivity index is 1.88. The molecule has 0 fully saturated rings. The molecule has 0 saturated heterocycles. The standard InChI is InChI=1S/C13H15N5O2/c1-20-11(19)7-18-13-10(6-16-18)12(14-8-15-13)17-9-4-2-3-5-9/h2-3,6,8-9H,4-5,7H2,1H3,(H,14,15,17). The van der Waals surface area contributed by atoms with Crippen LogP contribution < -0.4 is 5.32 Å². The number of hydrogen-bond acceptors (Lipinski definition) is 6. The van der Waals surface area contributed by atoms with Gasteiger partial charge in [-0.3, -0.25) is 4.79 Å². The van der Waals surface area contributed by atoms with Gasteiger partial charge in [0.05, 0.1) is 18.7 Å². The van der Waals surface area contributed by atoms with E-state index in [1.165, 1.54) is 18.1 Å². The second-order valence-electron chi connectivity index (χ2n) is 4.62. The fraction of sp³-hybridized carbons (Fsp3) is 0.385. The van der Waals surface area contributed by atoms with Crippen LogP contribution in [-0.4, -0.2) is 38.9 Å². The number of methoxy groups -OCH3 is 1. The highest BCUT2D eigenvalue weighted by Gasteiger charge is 2.15. The van der Waals surface area contributed by atoms with Gasteiger partial charge in [0.1, 0.15) is 18.7 Å². The van der Waals surface area contributed by atoms with E-state index in [9.17, 15) is 4.79 Å². The number of esters is 1. The van der Waals surface area contributed by atoms with Gasteiger partial charge in [-0.15, -0.1) is 0 Å². The van der Waals surface area contributed by atoms with E-state index in [4.69, 9.17) is 0 Å². The van der Waals surface area contributed by atoms with E-state index in [1.54, 1.807) is 6.20 Å². The van der Waals surface area contributed by atoms with Gasteiger partial charge in [0, 0.05) is 6.04 Å². The first-order valence-corrected chi connectivity index (χ1v) is 6.43. The van der Waals surface area contributed by atoms with Crippen LogP contribution >= 0.6 is 0 Å². The molecule has 0 saturated carbocycles. The largest absolute Gasteiger partial charge is 0.468 e. The summed E-state index contributed by atoms with van der Waals surface area (Å²) in [5.74, 6) is 0.392. The summed E-state index contributed by atoms with van der Waals surface area (Å²) < 4.78 is 6.16. The minimum absolute atomic E-state index is 0.0431. The van der Waals surface area contributed by atoms with E-state index in [0.717, 1.165) is 24.0 Å². The summed E-state index contributed by atoms with van der Waals surface area (Å²) in [6, 6.07) is 0.358. The Labute approximate surface area is 115 Å². The molecule has 7 heteroatoms. The van der Waals surface area contributed by atoms with E-state index >= 15 is 0 Å². The van der Waals surface area contributed by atoms with Crippen LogP contribution in [0.25, 0.3) is 11.0 Å². The van der Waals surface area contributed by atoms with Crippen molar-refractivity contribution in [1.82, 2.24) is 19.7 Å². The van der Waals surface area contributed by atoms with Crippen LogP contribution in [0.1, 0.15) is 12.8 Å². The monoisotopic (exact) mass is 273 g/mol. The summed E-state index contributed by atoms with van der Waals surface area (Å²) >= 11 is 0. The number of rotatable bonds is 4. The second-order valence-corrected chi connectivity index (χ2v) is 4.62. The molecule has 0 aliphatic heterocycles. The van der Waals surface area contributed by atoms with E-state index in [1.807, 2.05) is 0 Å². The Bertz CT molecular complexity index is 656. The molecule has 3 rings (SSSR count). The van der Waals surface area contributed by atoms with E-state index in [0.29, 0.717) is 11.7 Å². The molecule has 0 atom stereocenters. The summed E-state index contributed by atoms with van der Waals surface area (Å²) in [7, 11) is 1.35. The number of nitrogens with zero attached hydrogens (tertiary/aromatic N) is 4. The van der Waals surface area contributed by atoms with Gasteiger partial charge in [-0.2, -0.15) is 5.10 Å². The molecule has 1 aliphatic carbocycles. The van der Waals surface area contributed by atoms with Crippen LogP contribution in [0.4, 0.5) is 5.82 Å². The first kappa shape index (κ1) is 12.6. The average molecular weight is 273 g/mol. The zero-order chi connectivity index (χ0) is 13.9. The maximum Gasteiger partial charge on any atom is 0.327 e. The molecule has 1 aliphatic rings. The molecular weight excluding hydrogens is 258 g/mol. The molecule has 7 nitrogen and oxygen atoms in total. The Morgan fingerprint density at radius 2 is 2.25 bits per heavy atom. The Morgan fingerprint density at radius 3 is 3.00 bits per heavy atom. The summed E-state index contributed by atoms with van der Waals surface area (Å²) in [4.78, 5) is 19.8. The van der Waals surface area contributed by atoms with Gasteiger partial charge in [0.2, 0.25) is 0 Å². The fourth-order valence-corrected chi connectivity index (χ4v) is 2.24. The van der Waals surface area contributed by atoms with Crippen LogP contribution in [0.2, 0.25) is 0 Å². The van der Waals surface area contributed by atoms with Crippen molar-refractivity contribution in [1.29, 1.82) is 0 Å². The molecule has 0 unspecified atom stereocenters. The predicted molar refractivity (Wildman–Crippen MR) is 73.1 cm³/mol. The predicted octanol–water partition coefficient (Wildman–Crippen LogP) is 1.13.